The van der Waals surface area contributed by atoms with E-state index in [0.717, 1.165) is 29.9 Å². The third kappa shape index (κ3) is 5.25. The highest BCUT2D eigenvalue weighted by Crippen LogP contribution is 2.21. The lowest BCUT2D eigenvalue weighted by Crippen LogP contribution is -2.43. The van der Waals surface area contributed by atoms with E-state index in [1.54, 1.807) is 18.1 Å². The first kappa shape index (κ1) is 22.2. The molecule has 0 spiro atoms. The number of amides is 1. The molecular weight excluding hydrogens is 416 g/mol. The van der Waals surface area contributed by atoms with Crippen molar-refractivity contribution in [2.75, 3.05) is 26.8 Å². The molecule has 0 saturated carbocycles. The van der Waals surface area contributed by atoms with Gasteiger partial charge in [-0.1, -0.05) is 10.3 Å². The number of furan rings is 1. The van der Waals surface area contributed by atoms with Gasteiger partial charge in [0, 0.05) is 38.6 Å². The highest BCUT2D eigenvalue weighted by molar-refractivity contribution is 5.91. The second-order valence-corrected chi connectivity index (χ2v) is 7.92. The minimum atomic E-state index is -0.120. The zero-order chi connectivity index (χ0) is 22.5. The Labute approximate surface area is 185 Å². The number of aromatic nitrogens is 3. The van der Waals surface area contributed by atoms with Crippen LogP contribution in [0, 0.1) is 13.8 Å². The molecule has 10 heteroatoms. The van der Waals surface area contributed by atoms with E-state index in [2.05, 4.69) is 15.3 Å². The van der Waals surface area contributed by atoms with E-state index in [4.69, 9.17) is 22.9 Å². The normalized spacial score (nSPS) is 16.6. The minimum Gasteiger partial charge on any atom is -0.456 e. The van der Waals surface area contributed by atoms with Crippen LogP contribution in [-0.2, 0) is 28.9 Å². The molecule has 4 heterocycles. The predicted octanol–water partition coefficient (Wildman–Crippen LogP) is 2.87. The average molecular weight is 444 g/mol. The van der Waals surface area contributed by atoms with E-state index >= 15 is 0 Å². The second kappa shape index (κ2) is 10.1. The molecule has 172 valence electrons. The van der Waals surface area contributed by atoms with Gasteiger partial charge in [0.1, 0.15) is 18.1 Å². The van der Waals surface area contributed by atoms with Gasteiger partial charge in [-0.05, 0) is 38.8 Å². The van der Waals surface area contributed by atoms with Crippen molar-refractivity contribution in [2.45, 2.75) is 52.2 Å². The quantitative estimate of drug-likeness (QED) is 0.491. The Morgan fingerprint density at radius 2 is 2.12 bits per heavy atom. The van der Waals surface area contributed by atoms with Crippen LogP contribution in [-0.4, -0.2) is 59.0 Å². The van der Waals surface area contributed by atoms with Gasteiger partial charge in [0.2, 0.25) is 0 Å². The zero-order valence-electron chi connectivity index (χ0n) is 18.6. The average Bonchev–Trinajstić information content (AvgIpc) is 3.52. The van der Waals surface area contributed by atoms with Crippen molar-refractivity contribution in [2.24, 2.45) is 0 Å². The number of rotatable bonds is 9. The Morgan fingerprint density at radius 1 is 1.25 bits per heavy atom. The Hall–Kier alpha value is -2.98. The number of nitrogens with zero attached hydrogens (tertiary/aromatic N) is 4. The first-order valence-corrected chi connectivity index (χ1v) is 10.7. The predicted molar refractivity (Wildman–Crippen MR) is 111 cm³/mol. The molecule has 1 fully saturated rings. The fourth-order valence-electron chi connectivity index (χ4n) is 3.82. The highest BCUT2D eigenvalue weighted by atomic mass is 16.5. The summed E-state index contributed by atoms with van der Waals surface area (Å²) < 4.78 is 27.1. The van der Waals surface area contributed by atoms with Gasteiger partial charge in [0.15, 0.2) is 11.6 Å². The SMILES string of the molecule is COCc1nc(CCOC2CCCN(C(=O)c3ccc(Cc4c(C)noc4C)o3)C2)no1. The third-order valence-electron chi connectivity index (χ3n) is 5.53. The standard InChI is InChI=1S/C22H28N4O6/c1-14-18(15(2)31-24-14)11-16-6-7-19(30-16)22(27)26-9-4-5-17(12-26)29-10-8-20-23-21(13-28-3)32-25-20/h6-7,17H,4-5,8-13H2,1-3H3. The van der Waals surface area contributed by atoms with Gasteiger partial charge in [-0.2, -0.15) is 4.98 Å². The van der Waals surface area contributed by atoms with Crippen LogP contribution in [0.2, 0.25) is 0 Å². The van der Waals surface area contributed by atoms with Gasteiger partial charge in [0.05, 0.1) is 18.4 Å². The van der Waals surface area contributed by atoms with E-state index < -0.39 is 0 Å². The summed E-state index contributed by atoms with van der Waals surface area (Å²) >= 11 is 0. The maximum Gasteiger partial charge on any atom is 0.289 e. The number of carbonyl (C=O) groups is 1. The maximum absolute atomic E-state index is 13.0. The second-order valence-electron chi connectivity index (χ2n) is 7.92. The number of hydrogen-bond acceptors (Lipinski definition) is 9. The lowest BCUT2D eigenvalue weighted by Gasteiger charge is -2.32. The third-order valence-corrected chi connectivity index (χ3v) is 5.53. The number of ether oxygens (including phenoxy) is 2. The molecule has 1 saturated heterocycles. The summed E-state index contributed by atoms with van der Waals surface area (Å²) in [6, 6.07) is 3.56. The van der Waals surface area contributed by atoms with Crippen molar-refractivity contribution < 1.29 is 27.7 Å². The Bertz CT molecular complexity index is 1020. The zero-order valence-corrected chi connectivity index (χ0v) is 18.6. The first-order chi connectivity index (χ1) is 15.5. The van der Waals surface area contributed by atoms with Crippen LogP contribution in [0.25, 0.3) is 0 Å². The van der Waals surface area contributed by atoms with Gasteiger partial charge >= 0.3 is 0 Å². The highest BCUT2D eigenvalue weighted by Gasteiger charge is 2.27. The molecule has 1 aliphatic rings. The van der Waals surface area contributed by atoms with Crippen molar-refractivity contribution >= 4 is 5.91 Å². The summed E-state index contributed by atoms with van der Waals surface area (Å²) in [6.45, 7) is 5.73. The largest absolute Gasteiger partial charge is 0.456 e. The van der Waals surface area contributed by atoms with Crippen LogP contribution >= 0.6 is 0 Å². The van der Waals surface area contributed by atoms with Crippen LogP contribution < -0.4 is 0 Å². The summed E-state index contributed by atoms with van der Waals surface area (Å²) in [7, 11) is 1.57. The molecule has 1 amide bonds. The van der Waals surface area contributed by atoms with Crippen molar-refractivity contribution in [1.82, 2.24) is 20.2 Å². The molecule has 0 radical (unpaired) electrons. The number of aryl methyl sites for hydroxylation is 2. The van der Waals surface area contributed by atoms with Crippen molar-refractivity contribution in [3.05, 3.63) is 52.4 Å². The first-order valence-electron chi connectivity index (χ1n) is 10.7. The van der Waals surface area contributed by atoms with Crippen LogP contribution in [0.5, 0.6) is 0 Å². The van der Waals surface area contributed by atoms with Crippen molar-refractivity contribution in [1.29, 1.82) is 0 Å². The molecule has 1 unspecified atom stereocenters. The number of methoxy groups -OCH3 is 1. The molecule has 1 aliphatic heterocycles. The smallest absolute Gasteiger partial charge is 0.289 e. The molecule has 10 nitrogen and oxygen atoms in total. The lowest BCUT2D eigenvalue weighted by atomic mass is 10.1. The molecule has 4 rings (SSSR count). The van der Waals surface area contributed by atoms with Crippen LogP contribution in [0.4, 0.5) is 0 Å². The van der Waals surface area contributed by atoms with Gasteiger partial charge < -0.3 is 27.8 Å². The summed E-state index contributed by atoms with van der Waals surface area (Å²) in [5, 5.41) is 7.87. The van der Waals surface area contributed by atoms with E-state index in [-0.39, 0.29) is 12.0 Å². The molecule has 0 N–H and O–H groups in total. The van der Waals surface area contributed by atoms with Crippen molar-refractivity contribution in [3.63, 3.8) is 0 Å². The van der Waals surface area contributed by atoms with Crippen molar-refractivity contribution in [3.8, 4) is 0 Å². The molecular formula is C22H28N4O6. The van der Waals surface area contributed by atoms with Crippen LogP contribution in [0.3, 0.4) is 0 Å². The topological polar surface area (TPSA) is 117 Å². The molecule has 1 atom stereocenters. The van der Waals surface area contributed by atoms with E-state index in [0.29, 0.717) is 62.4 Å². The van der Waals surface area contributed by atoms with E-state index in [1.165, 1.54) is 0 Å². The Balaban J connectivity index is 1.28. The van der Waals surface area contributed by atoms with Gasteiger partial charge in [-0.15, -0.1) is 0 Å². The van der Waals surface area contributed by atoms with Crippen LogP contribution in [0.15, 0.2) is 25.6 Å². The molecule has 32 heavy (non-hydrogen) atoms. The Kier molecular flexibility index (Phi) is 7.01. The summed E-state index contributed by atoms with van der Waals surface area (Å²) in [5.74, 6) is 2.72. The van der Waals surface area contributed by atoms with E-state index in [1.807, 2.05) is 19.9 Å². The fourth-order valence-corrected chi connectivity index (χ4v) is 3.82. The molecule has 3 aromatic rings. The number of piperidine rings is 1. The molecule has 0 aliphatic carbocycles. The molecule has 3 aromatic heterocycles. The van der Waals surface area contributed by atoms with Gasteiger partial charge in [-0.3, -0.25) is 4.79 Å². The minimum absolute atomic E-state index is 0.0326. The number of hydrogen-bond donors (Lipinski definition) is 0. The molecule has 0 bridgehead atoms. The van der Waals surface area contributed by atoms with Gasteiger partial charge in [-0.25, -0.2) is 0 Å². The number of likely N-dealkylation sites (tertiary alicyclic amines) is 1. The Morgan fingerprint density at radius 3 is 2.91 bits per heavy atom. The van der Waals surface area contributed by atoms with Gasteiger partial charge in [0.25, 0.3) is 11.8 Å². The fraction of sp³-hybridized carbons (Fsp3) is 0.545. The molecule has 0 aromatic carbocycles. The van der Waals surface area contributed by atoms with Crippen LogP contribution in [0.1, 0.15) is 57.9 Å². The summed E-state index contributed by atoms with van der Waals surface area (Å²) in [5.41, 5.74) is 1.82. The monoisotopic (exact) mass is 444 g/mol. The lowest BCUT2D eigenvalue weighted by molar-refractivity contribution is 0.00151. The summed E-state index contributed by atoms with van der Waals surface area (Å²) in [6.07, 6.45) is 2.84. The summed E-state index contributed by atoms with van der Waals surface area (Å²) in [4.78, 5) is 19.0. The van der Waals surface area contributed by atoms with E-state index in [9.17, 15) is 4.79 Å². The number of carbonyl (C=O) groups excluding carboxylic acids is 1. The maximum atomic E-state index is 13.0.